The summed E-state index contributed by atoms with van der Waals surface area (Å²) in [5, 5.41) is 0. The molecular weight excluding hydrogens is 340 g/mol. The van der Waals surface area contributed by atoms with E-state index in [1.807, 2.05) is 37.3 Å². The van der Waals surface area contributed by atoms with Gasteiger partial charge in [0.05, 0.1) is 10.4 Å². The molecular formula is C18H20N2O4S. The van der Waals surface area contributed by atoms with Gasteiger partial charge >= 0.3 is 5.76 Å². The van der Waals surface area contributed by atoms with Gasteiger partial charge in [0.15, 0.2) is 5.58 Å². The van der Waals surface area contributed by atoms with Crippen LogP contribution in [0.1, 0.15) is 12.5 Å². The first kappa shape index (κ1) is 17.4. The van der Waals surface area contributed by atoms with E-state index < -0.39 is 15.8 Å². The minimum absolute atomic E-state index is 0.0845. The summed E-state index contributed by atoms with van der Waals surface area (Å²) in [7, 11) is -2.09. The molecule has 7 heteroatoms. The van der Waals surface area contributed by atoms with Gasteiger partial charge in [-0.25, -0.2) is 17.9 Å². The van der Waals surface area contributed by atoms with Gasteiger partial charge in [0.25, 0.3) is 0 Å². The van der Waals surface area contributed by atoms with Crippen molar-refractivity contribution >= 4 is 21.1 Å². The van der Waals surface area contributed by atoms with E-state index in [4.69, 9.17) is 4.42 Å². The number of hydrogen-bond donors (Lipinski definition) is 1. The number of rotatable bonds is 6. The molecule has 0 saturated carbocycles. The number of fused-ring (bicyclic) bond motifs is 1. The summed E-state index contributed by atoms with van der Waals surface area (Å²) in [5.41, 5.74) is 1.98. The zero-order valence-electron chi connectivity index (χ0n) is 14.1. The zero-order valence-corrected chi connectivity index (χ0v) is 14.9. The number of nitrogens with one attached hydrogen (secondary N) is 1. The molecule has 0 spiro atoms. The second-order valence-electron chi connectivity index (χ2n) is 6.20. The van der Waals surface area contributed by atoms with Crippen molar-refractivity contribution in [2.75, 3.05) is 6.54 Å². The molecule has 6 nitrogen and oxygen atoms in total. The molecule has 0 radical (unpaired) electrons. The molecule has 1 N–H and O–H groups in total. The summed E-state index contributed by atoms with van der Waals surface area (Å²) in [5.74, 6) is -0.371. The van der Waals surface area contributed by atoms with Gasteiger partial charge in [-0.2, -0.15) is 0 Å². The lowest BCUT2D eigenvalue weighted by Gasteiger charge is -2.13. The van der Waals surface area contributed by atoms with Gasteiger partial charge in [-0.05, 0) is 30.0 Å². The second kappa shape index (κ2) is 6.85. The van der Waals surface area contributed by atoms with Gasteiger partial charge in [0.2, 0.25) is 10.0 Å². The monoisotopic (exact) mass is 360 g/mol. The van der Waals surface area contributed by atoms with E-state index in [2.05, 4.69) is 4.72 Å². The van der Waals surface area contributed by atoms with Crippen LogP contribution in [0, 0.1) is 5.92 Å². The fourth-order valence-corrected chi connectivity index (χ4v) is 3.89. The van der Waals surface area contributed by atoms with Crippen molar-refractivity contribution < 1.29 is 12.8 Å². The summed E-state index contributed by atoms with van der Waals surface area (Å²) in [4.78, 5) is 11.6. The van der Waals surface area contributed by atoms with Crippen LogP contribution in [0.4, 0.5) is 0 Å². The van der Waals surface area contributed by atoms with Crippen LogP contribution in [0.2, 0.25) is 0 Å². The van der Waals surface area contributed by atoms with Gasteiger partial charge in [0, 0.05) is 19.7 Å². The summed E-state index contributed by atoms with van der Waals surface area (Å²) >= 11 is 0. The number of sulfonamides is 1. The van der Waals surface area contributed by atoms with Crippen LogP contribution < -0.4 is 10.5 Å². The van der Waals surface area contributed by atoms with Crippen LogP contribution in [0.3, 0.4) is 0 Å². The van der Waals surface area contributed by atoms with Crippen LogP contribution in [-0.4, -0.2) is 19.5 Å². The van der Waals surface area contributed by atoms with E-state index in [9.17, 15) is 13.2 Å². The van der Waals surface area contributed by atoms with Crippen molar-refractivity contribution in [2.45, 2.75) is 18.2 Å². The standard InChI is InChI=1S/C18H20N2O4S/c1-13(10-14-6-4-3-5-7-14)12-19-25(22,23)15-8-9-16-17(11-15)24-18(21)20(16)2/h3-9,11,13,19H,10,12H2,1-2H3. The van der Waals surface area contributed by atoms with E-state index in [1.165, 1.54) is 22.3 Å². The molecule has 25 heavy (non-hydrogen) atoms. The Morgan fingerprint density at radius 2 is 1.88 bits per heavy atom. The fourth-order valence-electron chi connectivity index (χ4n) is 2.71. The number of aryl methyl sites for hydroxylation is 1. The van der Waals surface area contributed by atoms with Gasteiger partial charge in [-0.3, -0.25) is 4.57 Å². The van der Waals surface area contributed by atoms with Crippen LogP contribution in [0.15, 0.2) is 62.6 Å². The minimum atomic E-state index is -3.66. The highest BCUT2D eigenvalue weighted by molar-refractivity contribution is 7.89. The number of hydrogen-bond acceptors (Lipinski definition) is 4. The molecule has 1 unspecified atom stereocenters. The summed E-state index contributed by atoms with van der Waals surface area (Å²) in [6.07, 6.45) is 0.788. The highest BCUT2D eigenvalue weighted by Gasteiger charge is 2.18. The van der Waals surface area contributed by atoms with Crippen molar-refractivity contribution in [1.82, 2.24) is 9.29 Å². The molecule has 1 atom stereocenters. The third-order valence-electron chi connectivity index (χ3n) is 4.12. The number of benzene rings is 2. The highest BCUT2D eigenvalue weighted by atomic mass is 32.2. The molecule has 3 rings (SSSR count). The normalized spacial score (nSPS) is 13.2. The largest absolute Gasteiger partial charge is 0.419 e. The first-order valence-electron chi connectivity index (χ1n) is 8.00. The Bertz CT molecular complexity index is 1040. The Morgan fingerprint density at radius 3 is 2.60 bits per heavy atom. The smallest absolute Gasteiger partial charge is 0.408 e. The van der Waals surface area contributed by atoms with Crippen LogP contribution in [0.25, 0.3) is 11.1 Å². The quantitative estimate of drug-likeness (QED) is 0.731. The molecule has 0 bridgehead atoms. The molecule has 132 valence electrons. The Hall–Kier alpha value is -2.38. The van der Waals surface area contributed by atoms with Gasteiger partial charge in [0.1, 0.15) is 0 Å². The Morgan fingerprint density at radius 1 is 1.16 bits per heavy atom. The molecule has 0 aliphatic heterocycles. The predicted octanol–water partition coefficient (Wildman–Crippen LogP) is 2.29. The SMILES string of the molecule is CC(CNS(=O)(=O)c1ccc2c(c1)oc(=O)n2C)Cc1ccccc1. The molecule has 0 saturated heterocycles. The summed E-state index contributed by atoms with van der Waals surface area (Å²) < 4.78 is 34.0. The van der Waals surface area contributed by atoms with Gasteiger partial charge in [-0.15, -0.1) is 0 Å². The maximum absolute atomic E-state index is 12.5. The van der Waals surface area contributed by atoms with Crippen LogP contribution >= 0.6 is 0 Å². The average Bonchev–Trinajstić information content (AvgIpc) is 2.88. The minimum Gasteiger partial charge on any atom is -0.408 e. The van der Waals surface area contributed by atoms with E-state index in [0.29, 0.717) is 12.1 Å². The van der Waals surface area contributed by atoms with Crippen molar-refractivity contribution in [3.63, 3.8) is 0 Å². The zero-order chi connectivity index (χ0) is 18.0. The molecule has 0 amide bonds. The lowest BCUT2D eigenvalue weighted by molar-refractivity contribution is 0.526. The third-order valence-corrected chi connectivity index (χ3v) is 5.54. The highest BCUT2D eigenvalue weighted by Crippen LogP contribution is 2.18. The van der Waals surface area contributed by atoms with E-state index >= 15 is 0 Å². The van der Waals surface area contributed by atoms with Crippen molar-refractivity contribution in [3.05, 3.63) is 64.6 Å². The predicted molar refractivity (Wildman–Crippen MR) is 96.0 cm³/mol. The topological polar surface area (TPSA) is 81.3 Å². The molecule has 0 fully saturated rings. The lowest BCUT2D eigenvalue weighted by Crippen LogP contribution is -2.29. The summed E-state index contributed by atoms with van der Waals surface area (Å²) in [6.45, 7) is 2.32. The van der Waals surface area contributed by atoms with Crippen LogP contribution in [-0.2, 0) is 23.5 Å². The number of nitrogens with zero attached hydrogens (tertiary/aromatic N) is 1. The van der Waals surface area contributed by atoms with E-state index in [-0.39, 0.29) is 16.4 Å². The molecule has 0 aliphatic rings. The molecule has 1 heterocycles. The van der Waals surface area contributed by atoms with Crippen molar-refractivity contribution in [1.29, 1.82) is 0 Å². The molecule has 1 aromatic heterocycles. The fraction of sp³-hybridized carbons (Fsp3) is 0.278. The molecule has 3 aromatic rings. The van der Waals surface area contributed by atoms with Gasteiger partial charge in [-0.1, -0.05) is 37.3 Å². The van der Waals surface area contributed by atoms with Crippen molar-refractivity contribution in [2.24, 2.45) is 13.0 Å². The first-order valence-corrected chi connectivity index (χ1v) is 9.48. The van der Waals surface area contributed by atoms with Crippen molar-refractivity contribution in [3.8, 4) is 0 Å². The summed E-state index contributed by atoms with van der Waals surface area (Å²) in [6, 6.07) is 14.4. The lowest BCUT2D eigenvalue weighted by atomic mass is 10.0. The average molecular weight is 360 g/mol. The molecule has 0 aliphatic carbocycles. The molecule has 2 aromatic carbocycles. The maximum Gasteiger partial charge on any atom is 0.419 e. The van der Waals surface area contributed by atoms with Gasteiger partial charge < -0.3 is 4.42 Å². The van der Waals surface area contributed by atoms with E-state index in [1.54, 1.807) is 13.1 Å². The number of oxazole rings is 1. The Labute approximate surface area is 146 Å². The van der Waals surface area contributed by atoms with Crippen LogP contribution in [0.5, 0.6) is 0 Å². The first-order chi connectivity index (χ1) is 11.9. The Kier molecular flexibility index (Phi) is 4.78. The maximum atomic E-state index is 12.5. The second-order valence-corrected chi connectivity index (χ2v) is 7.97. The van der Waals surface area contributed by atoms with E-state index in [0.717, 1.165) is 6.42 Å². The third kappa shape index (κ3) is 3.83. The Balaban J connectivity index is 1.72. The number of aromatic nitrogens is 1.